The van der Waals surface area contributed by atoms with Crippen molar-refractivity contribution in [3.05, 3.63) is 58.6 Å². The van der Waals surface area contributed by atoms with Gasteiger partial charge in [-0.2, -0.15) is 4.98 Å². The zero-order chi connectivity index (χ0) is 14.8. The molecular weight excluding hydrogens is 268 g/mol. The minimum Gasteiger partial charge on any atom is -0.493 e. The number of nitrogens with zero attached hydrogens (tertiary/aromatic N) is 1. The van der Waals surface area contributed by atoms with E-state index in [1.165, 1.54) is 0 Å². The number of benzene rings is 1. The van der Waals surface area contributed by atoms with Gasteiger partial charge in [0.2, 0.25) is 5.88 Å². The van der Waals surface area contributed by atoms with E-state index in [-0.39, 0.29) is 17.3 Å². The zero-order valence-electron chi connectivity index (χ0n) is 11.5. The fourth-order valence-electron chi connectivity index (χ4n) is 2.14. The summed E-state index contributed by atoms with van der Waals surface area (Å²) in [6.45, 7) is 1.97. The Kier molecular flexibility index (Phi) is 3.31. The van der Waals surface area contributed by atoms with Crippen LogP contribution in [0.4, 0.5) is 0 Å². The molecular formula is C16H14N2O3. The Labute approximate surface area is 120 Å². The van der Waals surface area contributed by atoms with Gasteiger partial charge in [0.1, 0.15) is 11.3 Å². The van der Waals surface area contributed by atoms with E-state index in [0.717, 1.165) is 12.2 Å². The molecule has 5 nitrogen and oxygen atoms in total. The first-order chi connectivity index (χ1) is 10.2. The molecule has 0 radical (unpaired) electrons. The summed E-state index contributed by atoms with van der Waals surface area (Å²) < 4.78 is 5.53. The number of aromatic nitrogens is 2. The SMILES string of the molecule is CCc1ccc(-c2nc(O)c(-c3ccccc3)c(=O)[nH]2)o1. The first kappa shape index (κ1) is 13.2. The molecule has 1 aromatic carbocycles. The van der Waals surface area contributed by atoms with Crippen molar-refractivity contribution in [2.24, 2.45) is 0 Å². The van der Waals surface area contributed by atoms with Crippen molar-refractivity contribution in [3.63, 3.8) is 0 Å². The van der Waals surface area contributed by atoms with E-state index >= 15 is 0 Å². The minimum absolute atomic E-state index is 0.154. The number of aromatic amines is 1. The van der Waals surface area contributed by atoms with E-state index in [0.29, 0.717) is 11.3 Å². The maximum absolute atomic E-state index is 12.2. The predicted octanol–water partition coefficient (Wildman–Crippen LogP) is 2.96. The Morgan fingerprint density at radius 1 is 1.19 bits per heavy atom. The van der Waals surface area contributed by atoms with Crippen LogP contribution in [0, 0.1) is 0 Å². The van der Waals surface area contributed by atoms with Crippen LogP contribution in [0.15, 0.2) is 51.7 Å². The van der Waals surface area contributed by atoms with Crippen molar-refractivity contribution in [1.29, 1.82) is 0 Å². The lowest BCUT2D eigenvalue weighted by Crippen LogP contribution is -2.11. The number of aryl methyl sites for hydroxylation is 1. The van der Waals surface area contributed by atoms with Gasteiger partial charge in [-0.15, -0.1) is 0 Å². The molecule has 0 aliphatic heterocycles. The van der Waals surface area contributed by atoms with Crippen LogP contribution in [0.3, 0.4) is 0 Å². The zero-order valence-corrected chi connectivity index (χ0v) is 11.5. The Hall–Kier alpha value is -2.82. The van der Waals surface area contributed by atoms with Gasteiger partial charge >= 0.3 is 0 Å². The van der Waals surface area contributed by atoms with E-state index < -0.39 is 5.56 Å². The summed E-state index contributed by atoms with van der Waals surface area (Å²) in [5.41, 5.74) is 0.365. The van der Waals surface area contributed by atoms with Gasteiger partial charge in [-0.25, -0.2) is 0 Å². The molecule has 0 bridgehead atoms. The van der Waals surface area contributed by atoms with Crippen LogP contribution in [-0.4, -0.2) is 15.1 Å². The fraction of sp³-hybridized carbons (Fsp3) is 0.125. The second-order valence-electron chi connectivity index (χ2n) is 4.60. The van der Waals surface area contributed by atoms with Crippen LogP contribution in [-0.2, 0) is 6.42 Å². The van der Waals surface area contributed by atoms with Crippen LogP contribution >= 0.6 is 0 Å². The molecule has 2 N–H and O–H groups in total. The van der Waals surface area contributed by atoms with E-state index in [9.17, 15) is 9.90 Å². The second-order valence-corrected chi connectivity index (χ2v) is 4.60. The molecule has 0 fully saturated rings. The van der Waals surface area contributed by atoms with Gasteiger partial charge < -0.3 is 14.5 Å². The summed E-state index contributed by atoms with van der Waals surface area (Å²) >= 11 is 0. The molecule has 0 amide bonds. The number of hydrogen-bond acceptors (Lipinski definition) is 4. The molecule has 3 aromatic rings. The number of aromatic hydroxyl groups is 1. The minimum atomic E-state index is -0.404. The van der Waals surface area contributed by atoms with Gasteiger partial charge in [-0.1, -0.05) is 37.3 Å². The number of rotatable bonds is 3. The quantitative estimate of drug-likeness (QED) is 0.774. The molecule has 0 saturated heterocycles. The summed E-state index contributed by atoms with van der Waals surface area (Å²) in [5.74, 6) is 1.13. The van der Waals surface area contributed by atoms with Gasteiger partial charge in [0.15, 0.2) is 11.6 Å². The molecule has 0 atom stereocenters. The number of furan rings is 1. The molecule has 21 heavy (non-hydrogen) atoms. The highest BCUT2D eigenvalue weighted by molar-refractivity contribution is 5.68. The van der Waals surface area contributed by atoms with Gasteiger partial charge in [0.05, 0.1) is 0 Å². The van der Waals surface area contributed by atoms with E-state index in [2.05, 4.69) is 9.97 Å². The highest BCUT2D eigenvalue weighted by Crippen LogP contribution is 2.26. The number of H-pyrrole nitrogens is 1. The normalized spacial score (nSPS) is 10.7. The molecule has 2 heterocycles. The van der Waals surface area contributed by atoms with E-state index in [4.69, 9.17) is 4.42 Å². The largest absolute Gasteiger partial charge is 0.493 e. The Morgan fingerprint density at radius 3 is 2.57 bits per heavy atom. The first-order valence-electron chi connectivity index (χ1n) is 6.67. The topological polar surface area (TPSA) is 79.1 Å². The van der Waals surface area contributed by atoms with Crippen molar-refractivity contribution >= 4 is 0 Å². The summed E-state index contributed by atoms with van der Waals surface area (Å²) in [6, 6.07) is 12.5. The van der Waals surface area contributed by atoms with Crippen LogP contribution in [0.25, 0.3) is 22.7 Å². The highest BCUT2D eigenvalue weighted by Gasteiger charge is 2.15. The average molecular weight is 282 g/mol. The third kappa shape index (κ3) is 2.45. The smallest absolute Gasteiger partial charge is 0.263 e. The molecule has 5 heteroatoms. The van der Waals surface area contributed by atoms with Gasteiger partial charge in [0.25, 0.3) is 5.56 Å². The second kappa shape index (κ2) is 5.28. The lowest BCUT2D eigenvalue weighted by molar-refractivity contribution is 0.452. The van der Waals surface area contributed by atoms with Gasteiger partial charge in [-0.05, 0) is 17.7 Å². The summed E-state index contributed by atoms with van der Waals surface area (Å²) in [5, 5.41) is 10.1. The van der Waals surface area contributed by atoms with Crippen molar-refractivity contribution in [1.82, 2.24) is 9.97 Å². The lowest BCUT2D eigenvalue weighted by atomic mass is 10.1. The van der Waals surface area contributed by atoms with Crippen molar-refractivity contribution in [2.75, 3.05) is 0 Å². The molecule has 0 aliphatic carbocycles. The molecule has 0 aliphatic rings. The molecule has 3 rings (SSSR count). The molecule has 0 saturated carbocycles. The summed E-state index contributed by atoms with van der Waals surface area (Å²) in [7, 11) is 0. The van der Waals surface area contributed by atoms with E-state index in [1.54, 1.807) is 30.3 Å². The summed E-state index contributed by atoms with van der Waals surface area (Å²) in [4.78, 5) is 18.9. The van der Waals surface area contributed by atoms with Crippen LogP contribution < -0.4 is 5.56 Å². The van der Waals surface area contributed by atoms with Crippen molar-refractivity contribution in [3.8, 4) is 28.6 Å². The third-order valence-corrected chi connectivity index (χ3v) is 3.21. The van der Waals surface area contributed by atoms with Gasteiger partial charge in [0, 0.05) is 6.42 Å². The fourth-order valence-corrected chi connectivity index (χ4v) is 2.14. The maximum atomic E-state index is 12.2. The third-order valence-electron chi connectivity index (χ3n) is 3.21. The highest BCUT2D eigenvalue weighted by atomic mass is 16.3. The Morgan fingerprint density at radius 2 is 1.95 bits per heavy atom. The molecule has 0 spiro atoms. The number of hydrogen-bond donors (Lipinski definition) is 2. The average Bonchev–Trinajstić information content (AvgIpc) is 2.96. The van der Waals surface area contributed by atoms with Crippen LogP contribution in [0.5, 0.6) is 5.88 Å². The van der Waals surface area contributed by atoms with Crippen molar-refractivity contribution < 1.29 is 9.52 Å². The Bertz CT molecular complexity index is 819. The Balaban J connectivity index is 2.10. The molecule has 106 valence electrons. The number of nitrogens with one attached hydrogen (secondary N) is 1. The van der Waals surface area contributed by atoms with Gasteiger partial charge in [-0.3, -0.25) is 4.79 Å². The molecule has 0 unspecified atom stereocenters. The van der Waals surface area contributed by atoms with Crippen molar-refractivity contribution in [2.45, 2.75) is 13.3 Å². The predicted molar refractivity (Wildman–Crippen MR) is 79.0 cm³/mol. The first-order valence-corrected chi connectivity index (χ1v) is 6.67. The van der Waals surface area contributed by atoms with Crippen LogP contribution in [0.1, 0.15) is 12.7 Å². The molecule has 2 aromatic heterocycles. The standard InChI is InChI=1S/C16H14N2O3/c1-2-11-8-9-12(21-11)14-17-15(19)13(16(20)18-14)10-6-4-3-5-7-10/h3-9H,2H2,1H3,(H2,17,18,19,20). The summed E-state index contributed by atoms with van der Waals surface area (Å²) in [6.07, 6.45) is 0.748. The lowest BCUT2D eigenvalue weighted by Gasteiger charge is -2.04. The van der Waals surface area contributed by atoms with E-state index in [1.807, 2.05) is 19.1 Å². The maximum Gasteiger partial charge on any atom is 0.263 e. The van der Waals surface area contributed by atoms with Crippen LogP contribution in [0.2, 0.25) is 0 Å². The monoisotopic (exact) mass is 282 g/mol.